The summed E-state index contributed by atoms with van der Waals surface area (Å²) >= 11 is 0. The highest BCUT2D eigenvalue weighted by Crippen LogP contribution is 2.49. The molecule has 1 saturated carbocycles. The number of amidine groups is 1. The molecule has 1 amide bonds. The Labute approximate surface area is 194 Å². The van der Waals surface area contributed by atoms with E-state index < -0.39 is 17.2 Å². The van der Waals surface area contributed by atoms with Gasteiger partial charge in [0.25, 0.3) is 0 Å². The van der Waals surface area contributed by atoms with Crippen LogP contribution in [0.4, 0.5) is 24.5 Å². The molecule has 1 aliphatic carbocycles. The van der Waals surface area contributed by atoms with Crippen LogP contribution in [0.1, 0.15) is 36.1 Å². The summed E-state index contributed by atoms with van der Waals surface area (Å²) in [5.74, 6) is -0.0229. The first kappa shape index (κ1) is 23.5. The summed E-state index contributed by atoms with van der Waals surface area (Å²) in [5, 5.41) is 5.57. The molecule has 1 fully saturated rings. The van der Waals surface area contributed by atoms with Gasteiger partial charge in [0.2, 0.25) is 5.91 Å². The summed E-state index contributed by atoms with van der Waals surface area (Å²) in [6, 6.07) is 7.28. The van der Waals surface area contributed by atoms with Crippen LogP contribution in [0.3, 0.4) is 0 Å². The van der Waals surface area contributed by atoms with Gasteiger partial charge in [0.15, 0.2) is 5.78 Å². The van der Waals surface area contributed by atoms with Crippen LogP contribution in [-0.2, 0) is 22.3 Å². The summed E-state index contributed by atoms with van der Waals surface area (Å²) < 4.78 is 40.0. The minimum Gasteiger partial charge on any atom is -0.384 e. The predicted octanol–water partition coefficient (Wildman–Crippen LogP) is 3.81. The number of anilines is 2. The van der Waals surface area contributed by atoms with Crippen molar-refractivity contribution in [3.63, 3.8) is 0 Å². The van der Waals surface area contributed by atoms with Gasteiger partial charge in [-0.25, -0.2) is 0 Å². The fourth-order valence-electron chi connectivity index (χ4n) is 3.79. The number of pyridine rings is 1. The van der Waals surface area contributed by atoms with E-state index in [-0.39, 0.29) is 36.9 Å². The standard InChI is InChI=1S/C24H24F3N5O2/c1-14-2-5-19(18(8-14)24(25,26)27)32-17-4-3-16(29-13-17)12-31-22(34)23(6-7-23)10-20(33)15-9-21(28)30-11-15/h2-5,8-9,13,32H,6-7,10-12H2,1H3,(H2,28,30)(H,31,34). The number of nitrogens with zero attached hydrogens (tertiary/aromatic N) is 2. The van der Waals surface area contributed by atoms with Crippen LogP contribution >= 0.6 is 0 Å². The molecule has 10 heteroatoms. The first-order valence-electron chi connectivity index (χ1n) is 10.8. The molecule has 0 unspecified atom stereocenters. The number of aromatic nitrogens is 1. The molecule has 1 aromatic heterocycles. The number of benzene rings is 1. The molecule has 0 spiro atoms. The van der Waals surface area contributed by atoms with E-state index in [1.165, 1.54) is 12.3 Å². The molecule has 2 aromatic rings. The first-order valence-corrected chi connectivity index (χ1v) is 10.8. The van der Waals surface area contributed by atoms with Crippen LogP contribution in [0.5, 0.6) is 0 Å². The van der Waals surface area contributed by atoms with Gasteiger partial charge in [0, 0.05) is 12.0 Å². The third kappa shape index (κ3) is 5.27. The smallest absolute Gasteiger partial charge is 0.384 e. The molecule has 2 aliphatic rings. The molecule has 178 valence electrons. The van der Waals surface area contributed by atoms with Gasteiger partial charge in [0.1, 0.15) is 5.84 Å². The number of Topliss-reactive ketones (excluding diaryl/α,β-unsaturated/α-hetero) is 1. The summed E-state index contributed by atoms with van der Waals surface area (Å²) in [5.41, 5.74) is 6.01. The molecule has 0 bridgehead atoms. The van der Waals surface area contributed by atoms with E-state index in [4.69, 9.17) is 5.73 Å². The molecule has 1 aliphatic heterocycles. The molecule has 0 saturated heterocycles. The van der Waals surface area contributed by atoms with Crippen LogP contribution in [0, 0.1) is 12.3 Å². The Hall–Kier alpha value is -3.69. The Morgan fingerprint density at radius 1 is 1.18 bits per heavy atom. The van der Waals surface area contributed by atoms with Crippen LogP contribution in [0.25, 0.3) is 0 Å². The zero-order valence-corrected chi connectivity index (χ0v) is 18.5. The highest BCUT2D eigenvalue weighted by atomic mass is 19.4. The number of rotatable bonds is 8. The van der Waals surface area contributed by atoms with Gasteiger partial charge < -0.3 is 16.4 Å². The fourth-order valence-corrected chi connectivity index (χ4v) is 3.79. The van der Waals surface area contributed by atoms with Gasteiger partial charge in [-0.3, -0.25) is 19.6 Å². The minimum absolute atomic E-state index is 0.0640. The van der Waals surface area contributed by atoms with Crippen molar-refractivity contribution in [1.82, 2.24) is 10.3 Å². The second-order valence-corrected chi connectivity index (χ2v) is 8.68. The maximum absolute atomic E-state index is 13.3. The number of hydrogen-bond acceptors (Lipinski definition) is 6. The average molecular weight is 471 g/mol. The van der Waals surface area contributed by atoms with E-state index in [2.05, 4.69) is 20.6 Å². The van der Waals surface area contributed by atoms with Crippen molar-refractivity contribution in [2.45, 2.75) is 38.9 Å². The van der Waals surface area contributed by atoms with Crippen LogP contribution < -0.4 is 16.4 Å². The van der Waals surface area contributed by atoms with Crippen molar-refractivity contribution in [2.75, 3.05) is 11.9 Å². The minimum atomic E-state index is -4.49. The van der Waals surface area contributed by atoms with Gasteiger partial charge in [-0.1, -0.05) is 11.6 Å². The molecule has 2 heterocycles. The van der Waals surface area contributed by atoms with Crippen molar-refractivity contribution >= 4 is 28.9 Å². The van der Waals surface area contributed by atoms with E-state index in [0.717, 1.165) is 6.07 Å². The maximum Gasteiger partial charge on any atom is 0.418 e. The Morgan fingerprint density at radius 3 is 2.53 bits per heavy atom. The second-order valence-electron chi connectivity index (χ2n) is 8.68. The Bertz CT molecular complexity index is 1180. The summed E-state index contributed by atoms with van der Waals surface area (Å²) in [6.07, 6.45) is -0.161. The van der Waals surface area contributed by atoms with E-state index in [1.54, 1.807) is 31.2 Å². The zero-order chi connectivity index (χ0) is 24.5. The molecule has 0 atom stereocenters. The number of ketones is 1. The van der Waals surface area contributed by atoms with Crippen LogP contribution in [0.2, 0.25) is 0 Å². The lowest BCUT2D eigenvalue weighted by atomic mass is 9.94. The highest BCUT2D eigenvalue weighted by molar-refractivity contribution is 6.08. The lowest BCUT2D eigenvalue weighted by Crippen LogP contribution is -2.33. The summed E-state index contributed by atoms with van der Waals surface area (Å²) in [6.45, 7) is 1.99. The van der Waals surface area contributed by atoms with Gasteiger partial charge >= 0.3 is 6.18 Å². The molecular weight excluding hydrogens is 447 g/mol. The van der Waals surface area contributed by atoms with Gasteiger partial charge in [0.05, 0.1) is 47.3 Å². The zero-order valence-electron chi connectivity index (χ0n) is 18.5. The Kier molecular flexibility index (Phi) is 6.16. The number of nitrogens with two attached hydrogens (primary N) is 1. The van der Waals surface area contributed by atoms with E-state index >= 15 is 0 Å². The number of hydrogen-bond donors (Lipinski definition) is 3. The number of alkyl halides is 3. The SMILES string of the molecule is Cc1ccc(Nc2ccc(CNC(=O)C3(CC(=O)C4=CC(N)=NC4)CC3)nc2)c(C(F)(F)F)c1. The van der Waals surface area contributed by atoms with Crippen molar-refractivity contribution < 1.29 is 22.8 Å². The van der Waals surface area contributed by atoms with Crippen molar-refractivity contribution in [3.05, 3.63) is 65.0 Å². The molecule has 4 rings (SSSR count). The lowest BCUT2D eigenvalue weighted by Gasteiger charge is -2.16. The largest absolute Gasteiger partial charge is 0.418 e. The predicted molar refractivity (Wildman–Crippen MR) is 121 cm³/mol. The molecule has 0 radical (unpaired) electrons. The molecule has 1 aromatic carbocycles. The van der Waals surface area contributed by atoms with Crippen LogP contribution in [-0.4, -0.2) is 29.1 Å². The lowest BCUT2D eigenvalue weighted by molar-refractivity contribution is -0.137. The number of amides is 1. The fraction of sp³-hybridized carbons (Fsp3) is 0.333. The monoisotopic (exact) mass is 471 g/mol. The molecule has 7 nitrogen and oxygen atoms in total. The van der Waals surface area contributed by atoms with Crippen molar-refractivity contribution in [1.29, 1.82) is 0 Å². The Balaban J connectivity index is 1.34. The number of aliphatic imine (C=N–C) groups is 1. The topological polar surface area (TPSA) is 109 Å². The number of nitrogens with one attached hydrogen (secondary N) is 2. The third-order valence-corrected chi connectivity index (χ3v) is 5.96. The van der Waals surface area contributed by atoms with E-state index in [1.807, 2.05) is 0 Å². The normalized spacial score (nSPS) is 16.5. The van der Waals surface area contributed by atoms with E-state index in [0.29, 0.717) is 41.2 Å². The molecular formula is C24H24F3N5O2. The average Bonchev–Trinajstić information content (AvgIpc) is 3.44. The maximum atomic E-state index is 13.3. The number of carbonyl (C=O) groups is 2. The van der Waals surface area contributed by atoms with Gasteiger partial charge in [-0.2, -0.15) is 13.2 Å². The third-order valence-electron chi connectivity index (χ3n) is 5.96. The molecule has 4 N–H and O–H groups in total. The quantitative estimate of drug-likeness (QED) is 0.543. The molecule has 34 heavy (non-hydrogen) atoms. The van der Waals surface area contributed by atoms with Crippen molar-refractivity contribution in [2.24, 2.45) is 16.1 Å². The van der Waals surface area contributed by atoms with Crippen molar-refractivity contribution in [3.8, 4) is 0 Å². The van der Waals surface area contributed by atoms with Gasteiger partial charge in [-0.15, -0.1) is 0 Å². The Morgan fingerprint density at radius 2 is 1.94 bits per heavy atom. The van der Waals surface area contributed by atoms with E-state index in [9.17, 15) is 22.8 Å². The van der Waals surface area contributed by atoms with Gasteiger partial charge in [-0.05, 0) is 50.1 Å². The number of carbonyl (C=O) groups excluding carboxylic acids is 2. The van der Waals surface area contributed by atoms with Crippen LogP contribution in [0.15, 0.2) is 53.2 Å². The second kappa shape index (κ2) is 8.92. The summed E-state index contributed by atoms with van der Waals surface area (Å²) in [4.78, 5) is 33.4. The first-order chi connectivity index (χ1) is 16.1. The number of aryl methyl sites for hydroxylation is 1. The number of halogens is 3. The highest BCUT2D eigenvalue weighted by Gasteiger charge is 2.51. The summed E-state index contributed by atoms with van der Waals surface area (Å²) in [7, 11) is 0.